The zero-order chi connectivity index (χ0) is 15.8. The molecule has 0 aromatic heterocycles. The van der Waals surface area contributed by atoms with Gasteiger partial charge in [-0.1, -0.05) is 13.0 Å². The number of carboxylic acids is 1. The third kappa shape index (κ3) is 3.44. The molecule has 6 heteroatoms. The molecule has 0 aliphatic heterocycles. The molecule has 1 aromatic rings. The summed E-state index contributed by atoms with van der Waals surface area (Å²) in [5.41, 5.74) is 1.16. The summed E-state index contributed by atoms with van der Waals surface area (Å²) in [5.74, 6) is -0.593. The van der Waals surface area contributed by atoms with Crippen molar-refractivity contribution < 1.29 is 18.3 Å². The number of hydrogen-bond donors (Lipinski definition) is 2. The number of rotatable bonds is 4. The minimum absolute atomic E-state index is 0.0285. The zero-order valence-electron chi connectivity index (χ0n) is 12.5. The molecule has 5 nitrogen and oxygen atoms in total. The van der Waals surface area contributed by atoms with E-state index in [0.29, 0.717) is 17.0 Å². The minimum atomic E-state index is -3.68. The fraction of sp³-hybridized carbons (Fsp3) is 0.533. The summed E-state index contributed by atoms with van der Waals surface area (Å²) in [6, 6.07) is 2.81. The van der Waals surface area contributed by atoms with Crippen molar-refractivity contribution in [1.82, 2.24) is 4.72 Å². The third-order valence-electron chi connectivity index (χ3n) is 4.06. The number of benzene rings is 1. The summed E-state index contributed by atoms with van der Waals surface area (Å²) in [4.78, 5) is 11.2. The van der Waals surface area contributed by atoms with Gasteiger partial charge in [-0.2, -0.15) is 0 Å². The van der Waals surface area contributed by atoms with Gasteiger partial charge < -0.3 is 5.11 Å². The van der Waals surface area contributed by atoms with Gasteiger partial charge in [0, 0.05) is 6.04 Å². The number of aryl methyl sites for hydroxylation is 2. The quantitative estimate of drug-likeness (QED) is 0.894. The Kier molecular flexibility index (Phi) is 4.39. The van der Waals surface area contributed by atoms with Crippen molar-refractivity contribution in [3.8, 4) is 0 Å². The van der Waals surface area contributed by atoms with Crippen LogP contribution in [-0.2, 0) is 10.0 Å². The lowest BCUT2D eigenvalue weighted by Gasteiger charge is -2.15. The second-order valence-corrected chi connectivity index (χ2v) is 7.66. The van der Waals surface area contributed by atoms with Crippen LogP contribution in [0, 0.1) is 19.8 Å². The van der Waals surface area contributed by atoms with Gasteiger partial charge in [0.15, 0.2) is 0 Å². The predicted octanol–water partition coefficient (Wildman–Crippen LogP) is 2.47. The highest BCUT2D eigenvalue weighted by molar-refractivity contribution is 7.89. The molecule has 21 heavy (non-hydrogen) atoms. The molecule has 0 amide bonds. The largest absolute Gasteiger partial charge is 0.478 e. The topological polar surface area (TPSA) is 83.5 Å². The van der Waals surface area contributed by atoms with Crippen LogP contribution >= 0.6 is 0 Å². The van der Waals surface area contributed by atoms with Gasteiger partial charge in [0.1, 0.15) is 0 Å². The first kappa shape index (κ1) is 16.0. The maximum atomic E-state index is 12.5. The first-order valence-electron chi connectivity index (χ1n) is 7.07. The molecule has 2 rings (SSSR count). The molecule has 2 unspecified atom stereocenters. The van der Waals surface area contributed by atoms with Crippen LogP contribution in [0.4, 0.5) is 0 Å². The van der Waals surface area contributed by atoms with E-state index in [1.165, 1.54) is 6.07 Å². The molecule has 0 radical (unpaired) electrons. The van der Waals surface area contributed by atoms with Gasteiger partial charge in [0.05, 0.1) is 10.5 Å². The van der Waals surface area contributed by atoms with Crippen LogP contribution in [0.15, 0.2) is 17.0 Å². The van der Waals surface area contributed by atoms with Gasteiger partial charge in [-0.05, 0) is 56.2 Å². The van der Waals surface area contributed by atoms with E-state index in [9.17, 15) is 13.2 Å². The lowest BCUT2D eigenvalue weighted by atomic mass is 10.1. The van der Waals surface area contributed by atoms with Crippen molar-refractivity contribution in [3.05, 3.63) is 28.8 Å². The number of hydrogen-bond acceptors (Lipinski definition) is 3. The van der Waals surface area contributed by atoms with Crippen LogP contribution in [0.1, 0.15) is 47.7 Å². The lowest BCUT2D eigenvalue weighted by Crippen LogP contribution is -2.33. The maximum Gasteiger partial charge on any atom is 0.335 e. The minimum Gasteiger partial charge on any atom is -0.478 e. The van der Waals surface area contributed by atoms with Crippen LogP contribution < -0.4 is 4.72 Å². The Morgan fingerprint density at radius 1 is 1.24 bits per heavy atom. The van der Waals surface area contributed by atoms with Crippen molar-refractivity contribution in [1.29, 1.82) is 0 Å². The van der Waals surface area contributed by atoms with Crippen molar-refractivity contribution in [3.63, 3.8) is 0 Å². The summed E-state index contributed by atoms with van der Waals surface area (Å²) in [6.07, 6.45) is 2.67. The smallest absolute Gasteiger partial charge is 0.335 e. The summed E-state index contributed by atoms with van der Waals surface area (Å²) < 4.78 is 27.7. The standard InChI is InChI=1S/C15H21NO4S/c1-9-4-5-12(6-9)16-21(19,20)14-8-13(15(17)18)10(2)7-11(14)3/h7-9,12,16H,4-6H2,1-3H3,(H,17,18). The van der Waals surface area contributed by atoms with Crippen molar-refractivity contribution in [2.24, 2.45) is 5.92 Å². The van der Waals surface area contributed by atoms with E-state index in [1.54, 1.807) is 19.9 Å². The SMILES string of the molecule is Cc1cc(C)c(S(=O)(=O)NC2CCC(C)C2)cc1C(=O)O. The number of carbonyl (C=O) groups is 1. The van der Waals surface area contributed by atoms with Gasteiger partial charge in [-0.25, -0.2) is 17.9 Å². The highest BCUT2D eigenvalue weighted by Crippen LogP contribution is 2.27. The second kappa shape index (κ2) is 5.77. The van der Waals surface area contributed by atoms with Gasteiger partial charge >= 0.3 is 5.97 Å². The van der Waals surface area contributed by atoms with E-state index in [1.807, 2.05) is 0 Å². The summed E-state index contributed by atoms with van der Waals surface area (Å²) >= 11 is 0. The van der Waals surface area contributed by atoms with Crippen molar-refractivity contribution in [2.75, 3.05) is 0 Å². The number of aromatic carboxylic acids is 1. The Labute approximate surface area is 125 Å². The highest BCUT2D eigenvalue weighted by Gasteiger charge is 2.28. The number of sulfonamides is 1. The average Bonchev–Trinajstić information content (AvgIpc) is 2.72. The van der Waals surface area contributed by atoms with Gasteiger partial charge in [0.2, 0.25) is 10.0 Å². The molecule has 1 fully saturated rings. The lowest BCUT2D eigenvalue weighted by molar-refractivity contribution is 0.0696. The Balaban J connectivity index is 2.35. The Bertz CT molecular complexity index is 666. The van der Waals surface area contributed by atoms with Crippen LogP contribution in [0.3, 0.4) is 0 Å². The first-order chi connectivity index (χ1) is 9.70. The van der Waals surface area contributed by atoms with E-state index in [0.717, 1.165) is 19.3 Å². The predicted molar refractivity (Wildman–Crippen MR) is 80.0 cm³/mol. The molecule has 1 aromatic carbocycles. The molecule has 0 bridgehead atoms. The summed E-state index contributed by atoms with van der Waals surface area (Å²) in [7, 11) is -3.68. The van der Waals surface area contributed by atoms with E-state index >= 15 is 0 Å². The molecular weight excluding hydrogens is 290 g/mol. The Morgan fingerprint density at radius 2 is 1.90 bits per heavy atom. The monoisotopic (exact) mass is 311 g/mol. The maximum absolute atomic E-state index is 12.5. The van der Waals surface area contributed by atoms with Gasteiger partial charge in [-0.3, -0.25) is 0 Å². The van der Waals surface area contributed by atoms with Gasteiger partial charge in [-0.15, -0.1) is 0 Å². The summed E-state index contributed by atoms with van der Waals surface area (Å²) in [5, 5.41) is 9.15. The van der Waals surface area contributed by atoms with Crippen molar-refractivity contribution >= 4 is 16.0 Å². The molecule has 2 atom stereocenters. The molecule has 2 N–H and O–H groups in total. The van der Waals surface area contributed by atoms with Crippen LogP contribution in [0.25, 0.3) is 0 Å². The third-order valence-corrected chi connectivity index (χ3v) is 5.72. The number of nitrogens with one attached hydrogen (secondary N) is 1. The van der Waals surface area contributed by atoms with E-state index in [-0.39, 0.29) is 16.5 Å². The second-order valence-electron chi connectivity index (χ2n) is 5.97. The van der Waals surface area contributed by atoms with E-state index in [4.69, 9.17) is 5.11 Å². The molecule has 1 aliphatic carbocycles. The molecule has 1 saturated carbocycles. The molecular formula is C15H21NO4S. The molecule has 0 heterocycles. The first-order valence-corrected chi connectivity index (χ1v) is 8.56. The molecule has 0 spiro atoms. The fourth-order valence-corrected chi connectivity index (χ4v) is 4.49. The van der Waals surface area contributed by atoms with Crippen LogP contribution in [-0.4, -0.2) is 25.5 Å². The van der Waals surface area contributed by atoms with Crippen molar-refractivity contribution in [2.45, 2.75) is 51.0 Å². The zero-order valence-corrected chi connectivity index (χ0v) is 13.3. The van der Waals surface area contributed by atoms with Crippen LogP contribution in [0.2, 0.25) is 0 Å². The Hall–Kier alpha value is -1.40. The van der Waals surface area contributed by atoms with Crippen LogP contribution in [0.5, 0.6) is 0 Å². The average molecular weight is 311 g/mol. The molecule has 116 valence electrons. The fourth-order valence-electron chi connectivity index (χ4n) is 2.95. The number of carboxylic acid groups (broad SMARTS) is 1. The van der Waals surface area contributed by atoms with Gasteiger partial charge in [0.25, 0.3) is 0 Å². The molecule has 1 aliphatic rings. The summed E-state index contributed by atoms with van der Waals surface area (Å²) in [6.45, 7) is 5.46. The Morgan fingerprint density at radius 3 is 2.43 bits per heavy atom. The highest BCUT2D eigenvalue weighted by atomic mass is 32.2. The van der Waals surface area contributed by atoms with E-state index < -0.39 is 16.0 Å². The molecule has 0 saturated heterocycles. The normalized spacial score (nSPS) is 22.4. The van der Waals surface area contributed by atoms with E-state index in [2.05, 4.69) is 11.6 Å².